The van der Waals surface area contributed by atoms with Crippen molar-refractivity contribution in [3.8, 4) is 44.9 Å². The van der Waals surface area contributed by atoms with Crippen LogP contribution in [0.5, 0.6) is 11.5 Å². The van der Waals surface area contributed by atoms with Gasteiger partial charge >= 0.3 is 0 Å². The van der Waals surface area contributed by atoms with Gasteiger partial charge in [0.25, 0.3) is 5.91 Å². The number of hydrogen-bond donors (Lipinski definition) is 1. The Morgan fingerprint density at radius 3 is 0.976 bits per heavy atom. The Labute approximate surface area is 493 Å². The third-order valence-electron chi connectivity index (χ3n) is 13.6. The molecule has 0 saturated heterocycles. The zero-order valence-electron chi connectivity index (χ0n) is 48.4. The summed E-state index contributed by atoms with van der Waals surface area (Å²) in [5.74, 6) is 1.26. The lowest BCUT2D eigenvalue weighted by Gasteiger charge is -2.14. The van der Waals surface area contributed by atoms with Crippen LogP contribution in [0, 0.1) is 0 Å². The summed E-state index contributed by atoms with van der Waals surface area (Å²) in [6.07, 6.45) is 0. The average molecular weight is 1150 g/mol. The summed E-state index contributed by atoms with van der Waals surface area (Å²) >= 11 is 0. The van der Waals surface area contributed by atoms with Crippen LogP contribution in [0.4, 0.5) is 0 Å². The first kappa shape index (κ1) is 63.4. The molecule has 0 unspecified atom stereocenters. The van der Waals surface area contributed by atoms with Crippen molar-refractivity contribution in [3.05, 3.63) is 157 Å². The summed E-state index contributed by atoms with van der Waals surface area (Å²) in [6, 6.07) is 52.4. The van der Waals surface area contributed by atoms with Gasteiger partial charge in [0.1, 0.15) is 18.1 Å². The van der Waals surface area contributed by atoms with Crippen LogP contribution in [-0.4, -0.2) is 178 Å². The van der Waals surface area contributed by atoms with E-state index < -0.39 is 0 Å². The number of amides is 1. The third-order valence-corrected chi connectivity index (χ3v) is 13.6. The van der Waals surface area contributed by atoms with E-state index in [9.17, 15) is 4.79 Å². The average Bonchev–Trinajstić information content (AvgIpc) is 2.25. The maximum Gasteiger partial charge on any atom is 0.258 e. The highest BCUT2D eigenvalue weighted by atomic mass is 16.6. The second-order valence-corrected chi connectivity index (χ2v) is 19.4. The molecule has 0 bridgehead atoms. The van der Waals surface area contributed by atoms with E-state index in [1.165, 1.54) is 26.9 Å². The number of hydrogen-bond acceptors (Lipinski definition) is 15. The fraction of sp³-hybridized carbons (Fsp3) is 0.397. The van der Waals surface area contributed by atoms with Crippen LogP contribution in [-0.2, 0) is 68.2 Å². The number of carbonyl (C=O) groups excluding carboxylic acids is 1. The quantitative estimate of drug-likeness (QED) is 0.0284. The predicted octanol–water partition coefficient (Wildman–Crippen LogP) is 10.5. The van der Waals surface area contributed by atoms with Gasteiger partial charge in [-0.05, 0) is 95.5 Å². The minimum Gasteiger partial charge on any atom is -0.491 e. The number of rotatable bonds is 45. The number of nitrogens with one attached hydrogen (secondary N) is 1. The number of ether oxygens (including phenoxy) is 14. The Hall–Kier alpha value is -6.61. The number of methoxy groups -OCH3 is 1. The number of benzene rings is 8. The van der Waals surface area contributed by atoms with Gasteiger partial charge in [0, 0.05) is 13.7 Å². The summed E-state index contributed by atoms with van der Waals surface area (Å²) < 4.78 is 77.4. The van der Waals surface area contributed by atoms with Crippen molar-refractivity contribution in [2.45, 2.75) is 6.54 Å². The first-order valence-corrected chi connectivity index (χ1v) is 29.1. The molecule has 0 aliphatic carbocycles. The zero-order valence-corrected chi connectivity index (χ0v) is 48.4. The van der Waals surface area contributed by atoms with Gasteiger partial charge < -0.3 is 71.6 Å². The van der Waals surface area contributed by atoms with Crippen molar-refractivity contribution >= 4 is 38.2 Å². The fourth-order valence-corrected chi connectivity index (χ4v) is 9.20. The van der Waals surface area contributed by atoms with Crippen molar-refractivity contribution in [2.75, 3.05) is 172 Å². The lowest BCUT2D eigenvalue weighted by atomic mass is 9.92. The SMILES string of the molecule is COCCOCCOCCOCCOCCOCCOCCOCCOCCOCCOCCOCCOc1ccc(-c2ccc(-c3ccc(-c4ccc(OCC(=O)NCc5ccc6ccc7cccc8ccc5c6c78)cc4)cc3)cc2)cc1. The molecule has 0 spiro atoms. The maximum absolute atomic E-state index is 12.9. The van der Waals surface area contributed by atoms with E-state index in [1.807, 2.05) is 36.4 Å². The van der Waals surface area contributed by atoms with Crippen LogP contribution in [0.2, 0.25) is 0 Å². The molecule has 0 aromatic heterocycles. The van der Waals surface area contributed by atoms with E-state index in [0.29, 0.717) is 171 Å². The van der Waals surface area contributed by atoms with Crippen LogP contribution < -0.4 is 14.8 Å². The monoisotopic (exact) mass is 1150 g/mol. The molecule has 0 fully saturated rings. The lowest BCUT2D eigenvalue weighted by Crippen LogP contribution is -2.28. The summed E-state index contributed by atoms with van der Waals surface area (Å²) in [5, 5.41) is 10.4. The highest BCUT2D eigenvalue weighted by Crippen LogP contribution is 2.36. The molecule has 84 heavy (non-hydrogen) atoms. The maximum atomic E-state index is 12.9. The van der Waals surface area contributed by atoms with Crippen LogP contribution in [0.1, 0.15) is 5.56 Å². The molecule has 0 aliphatic rings. The number of carbonyl (C=O) groups is 1. The van der Waals surface area contributed by atoms with Crippen LogP contribution in [0.3, 0.4) is 0 Å². The second kappa shape index (κ2) is 37.6. The topological polar surface area (TPSA) is 158 Å². The van der Waals surface area contributed by atoms with Crippen molar-refractivity contribution in [1.82, 2.24) is 5.32 Å². The van der Waals surface area contributed by atoms with E-state index in [-0.39, 0.29) is 12.5 Å². The fourth-order valence-electron chi connectivity index (χ4n) is 9.20. The van der Waals surface area contributed by atoms with Crippen molar-refractivity contribution < 1.29 is 71.1 Å². The van der Waals surface area contributed by atoms with Crippen molar-refractivity contribution in [3.63, 3.8) is 0 Å². The summed E-state index contributed by atoms with van der Waals surface area (Å²) in [6.45, 7) is 12.4. The van der Waals surface area contributed by atoms with Gasteiger partial charge in [-0.15, -0.1) is 0 Å². The van der Waals surface area contributed by atoms with Crippen LogP contribution in [0.15, 0.2) is 152 Å². The molecule has 8 aromatic carbocycles. The summed E-state index contributed by atoms with van der Waals surface area (Å²) in [4.78, 5) is 12.9. The molecule has 0 saturated carbocycles. The van der Waals surface area contributed by atoms with E-state index in [1.54, 1.807) is 7.11 Å². The van der Waals surface area contributed by atoms with Gasteiger partial charge in [-0.3, -0.25) is 4.79 Å². The van der Waals surface area contributed by atoms with Gasteiger partial charge in [0.2, 0.25) is 0 Å². The zero-order chi connectivity index (χ0) is 57.9. The molecule has 0 heterocycles. The van der Waals surface area contributed by atoms with Gasteiger partial charge in [-0.1, -0.05) is 127 Å². The summed E-state index contributed by atoms with van der Waals surface area (Å²) in [7, 11) is 1.65. The van der Waals surface area contributed by atoms with E-state index in [4.69, 9.17) is 66.3 Å². The second-order valence-electron chi connectivity index (χ2n) is 19.4. The minimum atomic E-state index is -0.169. The molecule has 0 radical (unpaired) electrons. The third kappa shape index (κ3) is 21.8. The molecule has 8 rings (SSSR count). The predicted molar refractivity (Wildman–Crippen MR) is 327 cm³/mol. The first-order chi connectivity index (χ1) is 41.6. The van der Waals surface area contributed by atoms with E-state index >= 15 is 0 Å². The first-order valence-electron chi connectivity index (χ1n) is 29.1. The minimum absolute atomic E-state index is 0.0641. The smallest absolute Gasteiger partial charge is 0.258 e. The van der Waals surface area contributed by atoms with Gasteiger partial charge in [0.05, 0.1) is 152 Å². The Morgan fingerprint density at radius 2 is 0.607 bits per heavy atom. The normalized spacial score (nSPS) is 11.6. The van der Waals surface area contributed by atoms with Gasteiger partial charge in [-0.2, -0.15) is 0 Å². The molecule has 448 valence electrons. The molecule has 16 heteroatoms. The van der Waals surface area contributed by atoms with Gasteiger partial charge in [-0.25, -0.2) is 0 Å². The van der Waals surface area contributed by atoms with Crippen molar-refractivity contribution in [1.29, 1.82) is 0 Å². The Balaban J connectivity index is 0.576. The Bertz CT molecular complexity index is 3030. The molecule has 0 atom stereocenters. The molecule has 8 aromatic rings. The Morgan fingerprint density at radius 1 is 0.310 bits per heavy atom. The molecular weight excluding hydrogens is 1070 g/mol. The molecule has 0 aliphatic heterocycles. The summed E-state index contributed by atoms with van der Waals surface area (Å²) in [5.41, 5.74) is 7.74. The van der Waals surface area contributed by atoms with Crippen molar-refractivity contribution in [2.24, 2.45) is 0 Å². The lowest BCUT2D eigenvalue weighted by molar-refractivity contribution is -0.123. The highest BCUT2D eigenvalue weighted by molar-refractivity contribution is 6.23. The molecular formula is C68H81NO15. The molecule has 1 N–H and O–H groups in total. The van der Waals surface area contributed by atoms with Crippen LogP contribution >= 0.6 is 0 Å². The van der Waals surface area contributed by atoms with Gasteiger partial charge in [0.15, 0.2) is 6.61 Å². The van der Waals surface area contributed by atoms with E-state index in [2.05, 4.69) is 121 Å². The largest absolute Gasteiger partial charge is 0.491 e. The standard InChI is InChI=1S/C68H81NO15/c1-71-27-28-72-29-30-73-31-32-74-33-34-75-35-36-76-37-38-77-39-40-78-41-42-79-43-44-80-45-46-81-47-48-82-49-50-83-63-22-17-57(18-23-63)55-9-5-53(6-10-55)54-7-11-56(12-8-54)58-19-24-64(25-20-58)84-52-66(70)69-51-62-16-15-61-14-13-59-3-2-4-60-21-26-65(62)68(61)67(59)60/h2-26H,27-52H2,1H3,(H,69,70). The molecule has 16 nitrogen and oxygen atoms in total. The molecule has 1 amide bonds. The van der Waals surface area contributed by atoms with E-state index in [0.717, 1.165) is 50.1 Å². The highest BCUT2D eigenvalue weighted by Gasteiger charge is 2.13. The van der Waals surface area contributed by atoms with Crippen LogP contribution in [0.25, 0.3) is 65.7 Å². The Kier molecular flexibility index (Phi) is 28.4.